The smallest absolute Gasteiger partial charge is 0.410 e. The second-order valence-electron chi connectivity index (χ2n) is 6.71. The normalized spacial score (nSPS) is 14.1. The van der Waals surface area contributed by atoms with Crippen LogP contribution in [0.3, 0.4) is 0 Å². The summed E-state index contributed by atoms with van der Waals surface area (Å²) in [6, 6.07) is 0. The molecular formula is C15H29F3N4O2. The molecule has 0 heterocycles. The molecule has 0 aliphatic carbocycles. The van der Waals surface area contributed by atoms with Gasteiger partial charge in [0.05, 0.1) is 6.42 Å². The third-order valence-corrected chi connectivity index (χ3v) is 2.83. The predicted octanol–water partition coefficient (Wildman–Crippen LogP) is 2.61. The zero-order chi connectivity index (χ0) is 19.0. The minimum atomic E-state index is -4.20. The molecule has 0 spiro atoms. The highest BCUT2D eigenvalue weighted by Gasteiger charge is 2.26. The Hall–Kier alpha value is -1.67. The summed E-state index contributed by atoms with van der Waals surface area (Å²) < 4.78 is 41.6. The van der Waals surface area contributed by atoms with E-state index < -0.39 is 24.3 Å². The van der Waals surface area contributed by atoms with Crippen LogP contribution in [-0.2, 0) is 4.74 Å². The highest BCUT2D eigenvalue weighted by Crippen LogP contribution is 2.18. The second kappa shape index (κ2) is 9.58. The monoisotopic (exact) mass is 354 g/mol. The topological polar surface area (TPSA) is 66.0 Å². The molecule has 0 aromatic rings. The van der Waals surface area contributed by atoms with E-state index in [2.05, 4.69) is 15.6 Å². The van der Waals surface area contributed by atoms with Crippen molar-refractivity contribution in [2.75, 3.05) is 33.7 Å². The lowest BCUT2D eigenvalue weighted by atomic mass is 10.1. The van der Waals surface area contributed by atoms with Gasteiger partial charge in [0, 0.05) is 33.7 Å². The van der Waals surface area contributed by atoms with E-state index in [-0.39, 0.29) is 12.5 Å². The van der Waals surface area contributed by atoms with E-state index in [0.717, 1.165) is 0 Å². The Labute approximate surface area is 141 Å². The zero-order valence-electron chi connectivity index (χ0n) is 15.3. The number of guanidine groups is 1. The lowest BCUT2D eigenvalue weighted by Gasteiger charge is -2.26. The number of halogens is 3. The number of alkyl halides is 3. The van der Waals surface area contributed by atoms with Gasteiger partial charge in [-0.3, -0.25) is 4.99 Å². The van der Waals surface area contributed by atoms with Crippen molar-refractivity contribution in [2.24, 2.45) is 10.9 Å². The van der Waals surface area contributed by atoms with E-state index in [9.17, 15) is 18.0 Å². The second-order valence-corrected chi connectivity index (χ2v) is 6.71. The van der Waals surface area contributed by atoms with Crippen molar-refractivity contribution in [1.29, 1.82) is 0 Å². The van der Waals surface area contributed by atoms with Crippen molar-refractivity contribution in [3.8, 4) is 0 Å². The third kappa shape index (κ3) is 11.8. The number of ether oxygens (including phenoxy) is 1. The third-order valence-electron chi connectivity index (χ3n) is 2.83. The largest absolute Gasteiger partial charge is 0.444 e. The molecular weight excluding hydrogens is 325 g/mol. The number of amides is 1. The number of rotatable bonds is 6. The Bertz CT molecular complexity index is 420. The molecule has 9 heteroatoms. The number of carbonyl (C=O) groups is 1. The van der Waals surface area contributed by atoms with Crippen LogP contribution in [-0.4, -0.2) is 62.5 Å². The Kier molecular flexibility index (Phi) is 8.92. The van der Waals surface area contributed by atoms with Crippen molar-refractivity contribution >= 4 is 12.1 Å². The highest BCUT2D eigenvalue weighted by atomic mass is 19.4. The fraction of sp³-hybridized carbons (Fsp3) is 0.867. The van der Waals surface area contributed by atoms with Gasteiger partial charge < -0.3 is 20.3 Å². The molecule has 0 saturated carbocycles. The standard InChI is InChI=1S/C15H29F3N4O2/c1-11(10-22(6)13(23)24-14(2,3)4)9-21-12(19-5)20-8-7-15(16,17)18/h11H,7-10H2,1-6H3,(H2,19,20,21). The summed E-state index contributed by atoms with van der Waals surface area (Å²) in [5.74, 6) is 0.356. The fourth-order valence-corrected chi connectivity index (χ4v) is 1.76. The van der Waals surface area contributed by atoms with Gasteiger partial charge in [0.1, 0.15) is 5.60 Å². The first-order valence-corrected chi connectivity index (χ1v) is 7.79. The lowest BCUT2D eigenvalue weighted by molar-refractivity contribution is -0.132. The zero-order valence-corrected chi connectivity index (χ0v) is 15.3. The number of hydrogen-bond acceptors (Lipinski definition) is 3. The van der Waals surface area contributed by atoms with Crippen LogP contribution in [0.15, 0.2) is 4.99 Å². The maximum atomic E-state index is 12.1. The molecule has 0 aliphatic heterocycles. The molecule has 6 nitrogen and oxygen atoms in total. The van der Waals surface area contributed by atoms with Crippen LogP contribution in [0, 0.1) is 5.92 Å². The first-order valence-electron chi connectivity index (χ1n) is 7.79. The molecule has 0 aromatic carbocycles. The summed E-state index contributed by atoms with van der Waals surface area (Å²) >= 11 is 0. The Morgan fingerprint density at radius 3 is 2.29 bits per heavy atom. The molecule has 0 bridgehead atoms. The van der Waals surface area contributed by atoms with E-state index in [1.54, 1.807) is 27.8 Å². The number of carbonyl (C=O) groups excluding carboxylic acids is 1. The van der Waals surface area contributed by atoms with E-state index in [1.807, 2.05) is 6.92 Å². The number of hydrogen-bond donors (Lipinski definition) is 2. The predicted molar refractivity (Wildman–Crippen MR) is 88.1 cm³/mol. The van der Waals surface area contributed by atoms with Crippen molar-refractivity contribution in [3.63, 3.8) is 0 Å². The van der Waals surface area contributed by atoms with E-state index in [0.29, 0.717) is 19.0 Å². The molecule has 0 fully saturated rings. The van der Waals surface area contributed by atoms with Crippen LogP contribution in [0.4, 0.5) is 18.0 Å². The summed E-state index contributed by atoms with van der Waals surface area (Å²) in [5, 5.41) is 5.54. The average Bonchev–Trinajstić information content (AvgIpc) is 2.39. The molecule has 1 atom stereocenters. The minimum Gasteiger partial charge on any atom is -0.444 e. The first kappa shape index (κ1) is 22.3. The van der Waals surface area contributed by atoms with E-state index in [1.165, 1.54) is 11.9 Å². The van der Waals surface area contributed by atoms with Crippen LogP contribution in [0.5, 0.6) is 0 Å². The van der Waals surface area contributed by atoms with Gasteiger partial charge >= 0.3 is 12.3 Å². The minimum absolute atomic E-state index is 0.0590. The Morgan fingerprint density at radius 2 is 1.83 bits per heavy atom. The Morgan fingerprint density at radius 1 is 1.25 bits per heavy atom. The van der Waals surface area contributed by atoms with Gasteiger partial charge in [0.25, 0.3) is 0 Å². The number of aliphatic imine (C=N–C) groups is 1. The maximum absolute atomic E-state index is 12.1. The van der Waals surface area contributed by atoms with Crippen molar-refractivity contribution in [1.82, 2.24) is 15.5 Å². The van der Waals surface area contributed by atoms with Gasteiger partial charge in [-0.05, 0) is 26.7 Å². The first-order chi connectivity index (χ1) is 10.8. The van der Waals surface area contributed by atoms with Gasteiger partial charge in [-0.25, -0.2) is 4.79 Å². The molecule has 0 aromatic heterocycles. The Balaban J connectivity index is 4.18. The van der Waals surface area contributed by atoms with Crippen LogP contribution in [0.1, 0.15) is 34.1 Å². The van der Waals surface area contributed by atoms with Crippen molar-refractivity contribution in [2.45, 2.75) is 45.9 Å². The van der Waals surface area contributed by atoms with Crippen LogP contribution >= 0.6 is 0 Å². The van der Waals surface area contributed by atoms with E-state index in [4.69, 9.17) is 4.74 Å². The molecule has 0 rings (SSSR count). The summed E-state index contributed by atoms with van der Waals surface area (Å²) in [6.07, 6.45) is -5.54. The quantitative estimate of drug-likeness (QED) is 0.568. The van der Waals surface area contributed by atoms with Crippen LogP contribution in [0.2, 0.25) is 0 Å². The van der Waals surface area contributed by atoms with Gasteiger partial charge in [0.15, 0.2) is 5.96 Å². The number of nitrogens with zero attached hydrogens (tertiary/aromatic N) is 2. The maximum Gasteiger partial charge on any atom is 0.410 e. The summed E-state index contributed by atoms with van der Waals surface area (Å²) in [6.45, 7) is 7.95. The molecule has 1 amide bonds. The summed E-state index contributed by atoms with van der Waals surface area (Å²) in [7, 11) is 3.13. The van der Waals surface area contributed by atoms with Gasteiger partial charge in [0.2, 0.25) is 0 Å². The lowest BCUT2D eigenvalue weighted by Crippen LogP contribution is -2.43. The fourth-order valence-electron chi connectivity index (χ4n) is 1.76. The van der Waals surface area contributed by atoms with Crippen molar-refractivity contribution in [3.05, 3.63) is 0 Å². The van der Waals surface area contributed by atoms with Crippen LogP contribution < -0.4 is 10.6 Å². The van der Waals surface area contributed by atoms with Gasteiger partial charge in [-0.2, -0.15) is 13.2 Å². The average molecular weight is 354 g/mol. The van der Waals surface area contributed by atoms with E-state index >= 15 is 0 Å². The van der Waals surface area contributed by atoms with Crippen molar-refractivity contribution < 1.29 is 22.7 Å². The summed E-state index contributed by atoms with van der Waals surface area (Å²) in [5.41, 5.74) is -0.558. The SMILES string of the molecule is CN=C(NCCC(F)(F)F)NCC(C)CN(C)C(=O)OC(C)(C)C. The van der Waals surface area contributed by atoms with Gasteiger partial charge in [-0.1, -0.05) is 6.92 Å². The molecule has 1 unspecified atom stereocenters. The molecule has 0 radical (unpaired) electrons. The highest BCUT2D eigenvalue weighted by molar-refractivity contribution is 5.79. The molecule has 2 N–H and O–H groups in total. The van der Waals surface area contributed by atoms with Crippen LogP contribution in [0.25, 0.3) is 0 Å². The molecule has 0 aliphatic rings. The molecule has 142 valence electrons. The molecule has 24 heavy (non-hydrogen) atoms. The summed E-state index contributed by atoms with van der Waals surface area (Å²) in [4.78, 5) is 17.2. The molecule has 0 saturated heterocycles. The number of nitrogens with one attached hydrogen (secondary N) is 2. The van der Waals surface area contributed by atoms with Gasteiger partial charge in [-0.15, -0.1) is 0 Å².